The van der Waals surface area contributed by atoms with Crippen molar-refractivity contribution >= 4 is 17.7 Å². The van der Waals surface area contributed by atoms with E-state index in [0.29, 0.717) is 23.3 Å². The first-order valence-electron chi connectivity index (χ1n) is 8.10. The molecule has 1 aromatic heterocycles. The Bertz CT molecular complexity index is 697. The highest BCUT2D eigenvalue weighted by molar-refractivity contribution is 8.00. The van der Waals surface area contributed by atoms with Crippen LogP contribution < -0.4 is 14.8 Å². The Morgan fingerprint density at radius 3 is 2.60 bits per heavy atom. The van der Waals surface area contributed by atoms with Gasteiger partial charge in [0.25, 0.3) is 0 Å². The van der Waals surface area contributed by atoms with Crippen molar-refractivity contribution in [2.75, 3.05) is 13.7 Å². The smallest absolute Gasteiger partial charge is 0.233 e. The molecule has 0 aliphatic carbocycles. The summed E-state index contributed by atoms with van der Waals surface area (Å²) >= 11 is 1.33. The molecule has 0 saturated carbocycles. The maximum absolute atomic E-state index is 12.4. The first-order valence-corrected chi connectivity index (χ1v) is 8.97. The number of carbonyl (C=O) groups is 1. The van der Waals surface area contributed by atoms with Crippen LogP contribution in [0.5, 0.6) is 11.5 Å². The van der Waals surface area contributed by atoms with Crippen molar-refractivity contribution < 1.29 is 14.3 Å². The lowest BCUT2D eigenvalue weighted by atomic mass is 10.1. The average molecular weight is 361 g/mol. The summed E-state index contributed by atoms with van der Waals surface area (Å²) in [5, 5.41) is 3.29. The van der Waals surface area contributed by atoms with Gasteiger partial charge in [0.2, 0.25) is 5.91 Å². The van der Waals surface area contributed by atoms with Crippen LogP contribution in [-0.2, 0) is 4.79 Å². The van der Waals surface area contributed by atoms with Gasteiger partial charge in [-0.05, 0) is 44.5 Å². The predicted octanol–water partition coefficient (Wildman–Crippen LogP) is 3.24. The van der Waals surface area contributed by atoms with E-state index in [2.05, 4.69) is 15.3 Å². The predicted molar refractivity (Wildman–Crippen MR) is 98.1 cm³/mol. The molecule has 2 atom stereocenters. The van der Waals surface area contributed by atoms with Crippen LogP contribution in [-0.4, -0.2) is 34.8 Å². The minimum absolute atomic E-state index is 0.0715. The second kappa shape index (κ2) is 9.27. The summed E-state index contributed by atoms with van der Waals surface area (Å²) in [6.07, 6.45) is 3.32. The monoisotopic (exact) mass is 361 g/mol. The Labute approximate surface area is 152 Å². The molecule has 0 bridgehead atoms. The summed E-state index contributed by atoms with van der Waals surface area (Å²) < 4.78 is 10.9. The molecule has 1 heterocycles. The van der Waals surface area contributed by atoms with Crippen molar-refractivity contribution in [1.29, 1.82) is 0 Å². The SMILES string of the molecule is CCOc1ccc(C(C)NC(=O)C(C)Sc2ncccn2)cc1OC. The van der Waals surface area contributed by atoms with Crippen LogP contribution in [0.2, 0.25) is 0 Å². The molecule has 1 aromatic carbocycles. The lowest BCUT2D eigenvalue weighted by Gasteiger charge is -2.19. The third-order valence-corrected chi connectivity index (χ3v) is 4.53. The Kier molecular flexibility index (Phi) is 7.06. The zero-order valence-corrected chi connectivity index (χ0v) is 15.7. The summed E-state index contributed by atoms with van der Waals surface area (Å²) in [4.78, 5) is 20.7. The number of aromatic nitrogens is 2. The number of carbonyl (C=O) groups excluding carboxylic acids is 1. The topological polar surface area (TPSA) is 73.3 Å². The van der Waals surface area contributed by atoms with Gasteiger partial charge in [-0.2, -0.15) is 0 Å². The fourth-order valence-electron chi connectivity index (χ4n) is 2.20. The zero-order chi connectivity index (χ0) is 18.2. The number of methoxy groups -OCH3 is 1. The molecule has 134 valence electrons. The normalized spacial score (nSPS) is 13.0. The van der Waals surface area contributed by atoms with Gasteiger partial charge in [-0.25, -0.2) is 9.97 Å². The molecule has 0 aliphatic rings. The van der Waals surface area contributed by atoms with Gasteiger partial charge in [-0.1, -0.05) is 17.8 Å². The van der Waals surface area contributed by atoms with Crippen LogP contribution >= 0.6 is 11.8 Å². The lowest BCUT2D eigenvalue weighted by molar-refractivity contribution is -0.120. The summed E-state index contributed by atoms with van der Waals surface area (Å²) in [5.41, 5.74) is 0.946. The molecule has 0 radical (unpaired) electrons. The van der Waals surface area contributed by atoms with Gasteiger partial charge in [0.1, 0.15) is 0 Å². The molecule has 2 unspecified atom stereocenters. The number of nitrogens with one attached hydrogen (secondary N) is 1. The number of benzene rings is 1. The Morgan fingerprint density at radius 1 is 1.24 bits per heavy atom. The van der Waals surface area contributed by atoms with Gasteiger partial charge in [0.15, 0.2) is 16.7 Å². The van der Waals surface area contributed by atoms with E-state index in [9.17, 15) is 4.79 Å². The molecule has 0 spiro atoms. The molecule has 2 rings (SSSR count). The molecule has 2 aromatic rings. The number of thioether (sulfide) groups is 1. The lowest BCUT2D eigenvalue weighted by Crippen LogP contribution is -2.33. The number of hydrogen-bond acceptors (Lipinski definition) is 6. The largest absolute Gasteiger partial charge is 0.493 e. The van der Waals surface area contributed by atoms with Gasteiger partial charge in [-0.3, -0.25) is 4.79 Å². The summed E-state index contributed by atoms with van der Waals surface area (Å²) in [6.45, 7) is 6.26. The third-order valence-electron chi connectivity index (χ3n) is 3.54. The third kappa shape index (κ3) is 5.35. The number of nitrogens with zero attached hydrogens (tertiary/aromatic N) is 2. The standard InChI is InChI=1S/C18H23N3O3S/c1-5-24-15-8-7-14(11-16(15)23-4)12(2)21-17(22)13(3)25-18-19-9-6-10-20-18/h6-13H,5H2,1-4H3,(H,21,22). The molecule has 1 N–H and O–H groups in total. The van der Waals surface area contributed by atoms with Crippen molar-refractivity contribution in [2.45, 2.75) is 37.2 Å². The maximum atomic E-state index is 12.4. The van der Waals surface area contributed by atoms with Gasteiger partial charge < -0.3 is 14.8 Å². The van der Waals surface area contributed by atoms with Gasteiger partial charge >= 0.3 is 0 Å². The molecule has 0 fully saturated rings. The Balaban J connectivity index is 2.00. The highest BCUT2D eigenvalue weighted by atomic mass is 32.2. The highest BCUT2D eigenvalue weighted by Gasteiger charge is 2.19. The minimum atomic E-state index is -0.297. The van der Waals surface area contributed by atoms with E-state index >= 15 is 0 Å². The molecule has 1 amide bonds. The summed E-state index contributed by atoms with van der Waals surface area (Å²) in [6, 6.07) is 7.26. The molecule has 0 saturated heterocycles. The van der Waals surface area contributed by atoms with E-state index < -0.39 is 0 Å². The van der Waals surface area contributed by atoms with Crippen molar-refractivity contribution in [1.82, 2.24) is 15.3 Å². The van der Waals surface area contributed by atoms with E-state index in [4.69, 9.17) is 9.47 Å². The Hall–Kier alpha value is -2.28. The van der Waals surface area contributed by atoms with Crippen LogP contribution in [0, 0.1) is 0 Å². The zero-order valence-electron chi connectivity index (χ0n) is 14.9. The molecular weight excluding hydrogens is 338 g/mol. The molecular formula is C18H23N3O3S. The highest BCUT2D eigenvalue weighted by Crippen LogP contribution is 2.30. The van der Waals surface area contributed by atoms with E-state index in [1.807, 2.05) is 39.0 Å². The Morgan fingerprint density at radius 2 is 1.96 bits per heavy atom. The fraction of sp³-hybridized carbons (Fsp3) is 0.389. The van der Waals surface area contributed by atoms with E-state index in [1.165, 1.54) is 11.8 Å². The minimum Gasteiger partial charge on any atom is -0.493 e. The second-order valence-corrected chi connectivity index (χ2v) is 6.67. The van der Waals surface area contributed by atoms with Crippen molar-refractivity contribution in [3.63, 3.8) is 0 Å². The van der Waals surface area contributed by atoms with E-state index in [-0.39, 0.29) is 17.2 Å². The maximum Gasteiger partial charge on any atom is 0.233 e. The van der Waals surface area contributed by atoms with Gasteiger partial charge in [0, 0.05) is 12.4 Å². The van der Waals surface area contributed by atoms with Crippen molar-refractivity contribution in [3.8, 4) is 11.5 Å². The van der Waals surface area contributed by atoms with Crippen LogP contribution in [0.3, 0.4) is 0 Å². The first kappa shape index (κ1) is 19.1. The first-order chi connectivity index (χ1) is 12.0. The average Bonchev–Trinajstić information content (AvgIpc) is 2.63. The van der Waals surface area contributed by atoms with Crippen LogP contribution in [0.4, 0.5) is 0 Å². The van der Waals surface area contributed by atoms with E-state index in [1.54, 1.807) is 25.6 Å². The van der Waals surface area contributed by atoms with Crippen molar-refractivity contribution in [3.05, 3.63) is 42.2 Å². The summed E-state index contributed by atoms with van der Waals surface area (Å²) in [5.74, 6) is 1.27. The van der Waals surface area contributed by atoms with Gasteiger partial charge in [0.05, 0.1) is 25.0 Å². The number of ether oxygens (including phenoxy) is 2. The number of amides is 1. The number of rotatable bonds is 8. The fourth-order valence-corrected chi connectivity index (χ4v) is 2.93. The van der Waals surface area contributed by atoms with Gasteiger partial charge in [-0.15, -0.1) is 0 Å². The molecule has 6 nitrogen and oxygen atoms in total. The quantitative estimate of drug-likeness (QED) is 0.575. The molecule has 0 aliphatic heterocycles. The summed E-state index contributed by atoms with van der Waals surface area (Å²) in [7, 11) is 1.60. The van der Waals surface area contributed by atoms with Crippen LogP contribution in [0.1, 0.15) is 32.4 Å². The van der Waals surface area contributed by atoms with Crippen LogP contribution in [0.25, 0.3) is 0 Å². The second-order valence-electron chi connectivity index (χ2n) is 5.37. The van der Waals surface area contributed by atoms with E-state index in [0.717, 1.165) is 5.56 Å². The van der Waals surface area contributed by atoms with Crippen LogP contribution in [0.15, 0.2) is 41.8 Å². The molecule has 25 heavy (non-hydrogen) atoms. The van der Waals surface area contributed by atoms with Crippen molar-refractivity contribution in [2.24, 2.45) is 0 Å². The molecule has 7 heteroatoms. The number of hydrogen-bond donors (Lipinski definition) is 1.